The van der Waals surface area contributed by atoms with Crippen molar-refractivity contribution in [3.63, 3.8) is 0 Å². The SMILES string of the molecule is c1ccc(-c2nc(-c3cccc(-c4cccc(-n5c6ccccc6c6ccccc65)c4)c3)c3c(c2-c2ccc4c(ccc5ccccc54)c2)C2CC4CC(CC3C4)C2)cc1. The first kappa shape index (κ1) is 34.1. The number of nitrogens with zero attached hydrogens (tertiary/aromatic N) is 2. The molecule has 0 N–H and O–H groups in total. The number of fused-ring (bicyclic) bond motifs is 6. The molecule has 0 amide bonds. The molecular weight excluding hydrogens is 725 g/mol. The van der Waals surface area contributed by atoms with Crippen molar-refractivity contribution in [2.75, 3.05) is 0 Å². The Labute approximate surface area is 350 Å². The Morgan fingerprint density at radius 3 is 1.72 bits per heavy atom. The van der Waals surface area contributed by atoms with Crippen LogP contribution in [0.4, 0.5) is 0 Å². The van der Waals surface area contributed by atoms with Gasteiger partial charge in [-0.25, -0.2) is 4.98 Å². The summed E-state index contributed by atoms with van der Waals surface area (Å²) < 4.78 is 2.42. The van der Waals surface area contributed by atoms with Crippen LogP contribution >= 0.6 is 0 Å². The van der Waals surface area contributed by atoms with E-state index < -0.39 is 0 Å². The number of aromatic nitrogens is 2. The van der Waals surface area contributed by atoms with Crippen LogP contribution in [0.15, 0.2) is 182 Å². The van der Waals surface area contributed by atoms with E-state index in [1.165, 1.54) is 126 Å². The first-order valence-electron chi connectivity index (χ1n) is 22.0. The van der Waals surface area contributed by atoms with Gasteiger partial charge in [0.15, 0.2) is 0 Å². The molecule has 0 aliphatic heterocycles. The minimum absolute atomic E-state index is 0.522. The molecule has 0 saturated heterocycles. The van der Waals surface area contributed by atoms with Crippen LogP contribution in [-0.2, 0) is 0 Å². The quantitative estimate of drug-likeness (QED) is 0.159. The number of pyridine rings is 1. The summed E-state index contributed by atoms with van der Waals surface area (Å²) in [4.78, 5) is 5.93. The van der Waals surface area contributed by atoms with Gasteiger partial charge in [0.05, 0.1) is 22.4 Å². The van der Waals surface area contributed by atoms with Gasteiger partial charge in [-0.3, -0.25) is 0 Å². The smallest absolute Gasteiger partial charge is 0.0790 e. The molecule has 2 heteroatoms. The molecule has 2 saturated carbocycles. The maximum Gasteiger partial charge on any atom is 0.0790 e. The van der Waals surface area contributed by atoms with E-state index in [1.54, 1.807) is 5.56 Å². The van der Waals surface area contributed by atoms with Crippen molar-refractivity contribution in [3.8, 4) is 50.5 Å². The van der Waals surface area contributed by atoms with Crippen LogP contribution in [0.3, 0.4) is 0 Å². The van der Waals surface area contributed by atoms with E-state index in [1.807, 2.05) is 0 Å². The summed E-state index contributed by atoms with van der Waals surface area (Å²) >= 11 is 0. The molecule has 10 aromatic rings. The molecule has 4 bridgehead atoms. The van der Waals surface area contributed by atoms with Crippen LogP contribution in [-0.4, -0.2) is 9.55 Å². The lowest BCUT2D eigenvalue weighted by Crippen LogP contribution is -2.25. The molecule has 0 radical (unpaired) electrons. The summed E-state index contributed by atoms with van der Waals surface area (Å²) in [5, 5.41) is 7.77. The third-order valence-electron chi connectivity index (χ3n) is 14.5. The molecule has 2 atom stereocenters. The molecule has 2 heterocycles. The Morgan fingerprint density at radius 2 is 0.950 bits per heavy atom. The summed E-state index contributed by atoms with van der Waals surface area (Å²) in [5.74, 6) is 2.64. The van der Waals surface area contributed by atoms with Gasteiger partial charge in [0.2, 0.25) is 0 Å². The van der Waals surface area contributed by atoms with Crippen molar-refractivity contribution in [1.82, 2.24) is 9.55 Å². The lowest BCUT2D eigenvalue weighted by Gasteiger charge is -2.38. The number of rotatable bonds is 5. The van der Waals surface area contributed by atoms with Gasteiger partial charge in [0.1, 0.15) is 0 Å². The zero-order valence-corrected chi connectivity index (χ0v) is 33.6. The van der Waals surface area contributed by atoms with Gasteiger partial charge in [-0.15, -0.1) is 0 Å². The number of benzene rings is 8. The maximum atomic E-state index is 5.93. The second-order valence-electron chi connectivity index (χ2n) is 17.9. The van der Waals surface area contributed by atoms with E-state index in [2.05, 4.69) is 187 Å². The Bertz CT molecular complexity index is 3270. The topological polar surface area (TPSA) is 17.8 Å². The maximum absolute atomic E-state index is 5.93. The fourth-order valence-corrected chi connectivity index (χ4v) is 12.1. The summed E-state index contributed by atoms with van der Waals surface area (Å²) in [5.41, 5.74) is 16.6. The molecule has 2 fully saturated rings. The second-order valence-corrected chi connectivity index (χ2v) is 17.9. The Hall–Kier alpha value is -6.77. The van der Waals surface area contributed by atoms with E-state index >= 15 is 0 Å². The molecular formula is C58H44N2. The fraction of sp³-hybridized carbons (Fsp3) is 0.155. The van der Waals surface area contributed by atoms with E-state index in [0.717, 1.165) is 17.5 Å². The highest BCUT2D eigenvalue weighted by atomic mass is 15.0. The molecule has 286 valence electrons. The van der Waals surface area contributed by atoms with Crippen LogP contribution < -0.4 is 0 Å². The molecule has 0 spiro atoms. The van der Waals surface area contributed by atoms with Crippen molar-refractivity contribution in [2.45, 2.75) is 43.9 Å². The summed E-state index contributed by atoms with van der Waals surface area (Å²) in [7, 11) is 0. The van der Waals surface area contributed by atoms with E-state index in [-0.39, 0.29) is 0 Å². The third-order valence-corrected chi connectivity index (χ3v) is 14.5. The highest BCUT2D eigenvalue weighted by Crippen LogP contribution is 2.60. The predicted molar refractivity (Wildman–Crippen MR) is 251 cm³/mol. The lowest BCUT2D eigenvalue weighted by atomic mass is 9.66. The Morgan fingerprint density at radius 1 is 0.367 bits per heavy atom. The lowest BCUT2D eigenvalue weighted by molar-refractivity contribution is 0.166. The summed E-state index contributed by atoms with van der Waals surface area (Å²) in [6.45, 7) is 0. The minimum Gasteiger partial charge on any atom is -0.309 e. The van der Waals surface area contributed by atoms with Crippen molar-refractivity contribution < 1.29 is 0 Å². The molecule has 60 heavy (non-hydrogen) atoms. The predicted octanol–water partition coefficient (Wildman–Crippen LogP) is 15.5. The zero-order chi connectivity index (χ0) is 39.3. The molecule has 8 aromatic carbocycles. The van der Waals surface area contributed by atoms with Crippen LogP contribution in [0.1, 0.15) is 55.1 Å². The van der Waals surface area contributed by atoms with Crippen LogP contribution in [0.25, 0.3) is 93.8 Å². The van der Waals surface area contributed by atoms with Gasteiger partial charge < -0.3 is 4.57 Å². The first-order valence-corrected chi connectivity index (χ1v) is 22.0. The first-order chi connectivity index (χ1) is 29.7. The third kappa shape index (κ3) is 5.30. The van der Waals surface area contributed by atoms with Gasteiger partial charge in [0.25, 0.3) is 0 Å². The highest BCUT2D eigenvalue weighted by molar-refractivity contribution is 6.10. The van der Waals surface area contributed by atoms with Crippen molar-refractivity contribution in [1.29, 1.82) is 0 Å². The van der Waals surface area contributed by atoms with Gasteiger partial charge in [-0.2, -0.15) is 0 Å². The van der Waals surface area contributed by atoms with Crippen molar-refractivity contribution >= 4 is 43.4 Å². The Kier molecular flexibility index (Phi) is 7.61. The Balaban J connectivity index is 1.02. The fourth-order valence-electron chi connectivity index (χ4n) is 12.1. The molecule has 2 aromatic heterocycles. The standard InChI is InChI=1S/C58H44N2/c1-2-13-39(14-3-1)57-55(43-26-27-49-42(34-43)25-24-38-12-4-5-19-48(38)49)54-45-29-36-28-37(30-45)32-46(31-36)56(54)58(59-57)44-17-10-15-40(33-44)41-16-11-18-47(35-41)60-52-22-8-6-20-50(52)51-21-7-9-23-53(51)60/h1-27,33-37,45-46H,28-32H2. The van der Waals surface area contributed by atoms with Crippen LogP contribution in [0.2, 0.25) is 0 Å². The van der Waals surface area contributed by atoms with Gasteiger partial charge in [0, 0.05) is 33.2 Å². The zero-order valence-electron chi connectivity index (χ0n) is 33.6. The van der Waals surface area contributed by atoms with Gasteiger partial charge >= 0.3 is 0 Å². The number of para-hydroxylation sites is 2. The molecule has 4 aliphatic rings. The van der Waals surface area contributed by atoms with Crippen molar-refractivity contribution in [2.24, 2.45) is 11.8 Å². The monoisotopic (exact) mass is 768 g/mol. The van der Waals surface area contributed by atoms with E-state index in [4.69, 9.17) is 4.98 Å². The number of hydrogen-bond donors (Lipinski definition) is 0. The van der Waals surface area contributed by atoms with Gasteiger partial charge in [-0.05, 0) is 142 Å². The molecule has 14 rings (SSSR count). The van der Waals surface area contributed by atoms with Crippen molar-refractivity contribution in [3.05, 3.63) is 193 Å². The van der Waals surface area contributed by atoms with E-state index in [0.29, 0.717) is 11.8 Å². The molecule has 2 unspecified atom stereocenters. The summed E-state index contributed by atoms with van der Waals surface area (Å²) in [6.07, 6.45) is 6.54. The second kappa shape index (κ2) is 13.4. The average molecular weight is 769 g/mol. The van der Waals surface area contributed by atoms with Crippen LogP contribution in [0, 0.1) is 11.8 Å². The number of hydrogen-bond acceptors (Lipinski definition) is 1. The largest absolute Gasteiger partial charge is 0.309 e. The van der Waals surface area contributed by atoms with Gasteiger partial charge in [-0.1, -0.05) is 146 Å². The molecule has 2 nitrogen and oxygen atoms in total. The highest BCUT2D eigenvalue weighted by Gasteiger charge is 2.45. The van der Waals surface area contributed by atoms with Crippen LogP contribution in [0.5, 0.6) is 0 Å². The average Bonchev–Trinajstić information content (AvgIpc) is 3.54. The normalized spacial score (nSPS) is 19.3. The minimum atomic E-state index is 0.522. The summed E-state index contributed by atoms with van der Waals surface area (Å²) in [6, 6.07) is 67.6. The van der Waals surface area contributed by atoms with E-state index in [9.17, 15) is 0 Å². The molecule has 4 aliphatic carbocycles.